The molecule has 4 atom stereocenters. The first kappa shape index (κ1) is 15.0. The van der Waals surface area contributed by atoms with Crippen LogP contribution in [0.25, 0.3) is 0 Å². The fourth-order valence-corrected chi connectivity index (χ4v) is 3.29. The van der Waals surface area contributed by atoms with Gasteiger partial charge in [-0.3, -0.25) is 9.59 Å². The van der Waals surface area contributed by atoms with E-state index in [1.807, 2.05) is 13.8 Å². The van der Waals surface area contributed by atoms with Gasteiger partial charge in [-0.2, -0.15) is 0 Å². The molecule has 18 heavy (non-hydrogen) atoms. The predicted molar refractivity (Wildman–Crippen MR) is 68.0 cm³/mol. The Bertz CT molecular complexity index is 270. The van der Waals surface area contributed by atoms with Crippen LogP contribution in [0.15, 0.2) is 0 Å². The average Bonchev–Trinajstić information content (AvgIpc) is 2.32. The highest BCUT2D eigenvalue weighted by Crippen LogP contribution is 2.41. The molecule has 1 aliphatic carbocycles. The molecule has 103 valence electrons. The van der Waals surface area contributed by atoms with Crippen molar-refractivity contribution in [3.05, 3.63) is 6.42 Å². The lowest BCUT2D eigenvalue weighted by atomic mass is 9.66. The summed E-state index contributed by atoms with van der Waals surface area (Å²) in [6, 6.07) is 0. The molecule has 2 N–H and O–H groups in total. The van der Waals surface area contributed by atoms with E-state index in [0.29, 0.717) is 12.8 Å². The highest BCUT2D eigenvalue weighted by atomic mass is 16.4. The zero-order valence-corrected chi connectivity index (χ0v) is 11.1. The van der Waals surface area contributed by atoms with Crippen molar-refractivity contribution in [2.75, 3.05) is 0 Å². The van der Waals surface area contributed by atoms with Crippen molar-refractivity contribution >= 4 is 11.9 Å². The zero-order valence-electron chi connectivity index (χ0n) is 11.1. The van der Waals surface area contributed by atoms with E-state index >= 15 is 0 Å². The molecule has 1 radical (unpaired) electrons. The van der Waals surface area contributed by atoms with Gasteiger partial charge in [0.05, 0.1) is 11.8 Å². The Morgan fingerprint density at radius 2 is 1.61 bits per heavy atom. The van der Waals surface area contributed by atoms with Crippen LogP contribution in [0.5, 0.6) is 0 Å². The summed E-state index contributed by atoms with van der Waals surface area (Å²) < 4.78 is 0. The molecule has 0 spiro atoms. The summed E-state index contributed by atoms with van der Waals surface area (Å²) >= 11 is 0. The first-order chi connectivity index (χ1) is 8.52. The number of hydrogen-bond acceptors (Lipinski definition) is 2. The lowest BCUT2D eigenvalue weighted by Gasteiger charge is -2.38. The van der Waals surface area contributed by atoms with Gasteiger partial charge in [-0.1, -0.05) is 13.8 Å². The zero-order chi connectivity index (χ0) is 13.7. The van der Waals surface area contributed by atoms with E-state index in [2.05, 4.69) is 6.42 Å². The number of aliphatic carboxylic acids is 2. The summed E-state index contributed by atoms with van der Waals surface area (Å²) in [7, 11) is 0. The minimum Gasteiger partial charge on any atom is -0.481 e. The number of rotatable bonds is 6. The van der Waals surface area contributed by atoms with Crippen molar-refractivity contribution < 1.29 is 19.8 Å². The Morgan fingerprint density at radius 1 is 1.11 bits per heavy atom. The van der Waals surface area contributed by atoms with Gasteiger partial charge in [0.15, 0.2) is 0 Å². The van der Waals surface area contributed by atoms with E-state index in [-0.39, 0.29) is 11.8 Å². The van der Waals surface area contributed by atoms with Gasteiger partial charge in [-0.05, 0) is 50.4 Å². The van der Waals surface area contributed by atoms with Gasteiger partial charge in [0.25, 0.3) is 0 Å². The smallest absolute Gasteiger partial charge is 0.306 e. The van der Waals surface area contributed by atoms with Crippen LogP contribution in [0.2, 0.25) is 0 Å². The van der Waals surface area contributed by atoms with Crippen molar-refractivity contribution in [1.82, 2.24) is 0 Å². The molecule has 0 aromatic carbocycles. The normalized spacial score (nSPS) is 27.4. The molecule has 0 bridgehead atoms. The largest absolute Gasteiger partial charge is 0.481 e. The Hall–Kier alpha value is -1.06. The number of hydrogen-bond donors (Lipinski definition) is 2. The summed E-state index contributed by atoms with van der Waals surface area (Å²) in [6.07, 6.45) is 5.70. The van der Waals surface area contributed by atoms with Gasteiger partial charge in [-0.15, -0.1) is 0 Å². The molecular weight excluding hydrogens is 232 g/mol. The van der Waals surface area contributed by atoms with E-state index in [4.69, 9.17) is 0 Å². The first-order valence-electron chi connectivity index (χ1n) is 6.80. The van der Waals surface area contributed by atoms with Crippen molar-refractivity contribution in [1.29, 1.82) is 0 Å². The molecule has 4 nitrogen and oxygen atoms in total. The van der Waals surface area contributed by atoms with Gasteiger partial charge in [0.1, 0.15) is 0 Å². The lowest BCUT2D eigenvalue weighted by Crippen LogP contribution is -2.38. The summed E-state index contributed by atoms with van der Waals surface area (Å²) in [4.78, 5) is 22.6. The van der Waals surface area contributed by atoms with E-state index in [9.17, 15) is 19.8 Å². The van der Waals surface area contributed by atoms with Crippen LogP contribution < -0.4 is 0 Å². The summed E-state index contributed by atoms with van der Waals surface area (Å²) in [5.41, 5.74) is 0. The molecule has 1 fully saturated rings. The fraction of sp³-hybridized carbons (Fsp3) is 0.786. The lowest BCUT2D eigenvalue weighted by molar-refractivity contribution is -0.151. The van der Waals surface area contributed by atoms with E-state index in [1.165, 1.54) is 0 Å². The second-order valence-electron chi connectivity index (χ2n) is 5.14. The van der Waals surface area contributed by atoms with Gasteiger partial charge in [0, 0.05) is 0 Å². The van der Waals surface area contributed by atoms with Crippen molar-refractivity contribution in [2.45, 2.75) is 46.0 Å². The third kappa shape index (κ3) is 3.24. The average molecular weight is 255 g/mol. The molecular formula is C14H23O4. The Morgan fingerprint density at radius 3 is 2.06 bits per heavy atom. The number of carbonyl (C=O) groups is 2. The second-order valence-corrected chi connectivity index (χ2v) is 5.14. The van der Waals surface area contributed by atoms with E-state index < -0.39 is 23.8 Å². The Labute approximate surface area is 108 Å². The van der Waals surface area contributed by atoms with Crippen molar-refractivity contribution in [3.8, 4) is 0 Å². The monoisotopic (exact) mass is 255 g/mol. The van der Waals surface area contributed by atoms with Crippen LogP contribution in [0.4, 0.5) is 0 Å². The van der Waals surface area contributed by atoms with E-state index in [0.717, 1.165) is 19.3 Å². The minimum absolute atomic E-state index is 0.00134. The molecule has 4 unspecified atom stereocenters. The van der Waals surface area contributed by atoms with Crippen LogP contribution in [0.3, 0.4) is 0 Å². The van der Waals surface area contributed by atoms with Crippen LogP contribution in [0.1, 0.15) is 46.0 Å². The first-order valence-corrected chi connectivity index (χ1v) is 6.80. The fourth-order valence-electron chi connectivity index (χ4n) is 3.29. The molecule has 0 saturated heterocycles. The number of carboxylic acids is 2. The standard InChI is InChI=1S/C14H23O4/c1-3-9(13(15)16)11-7-5-6-8-12(11)10(4-2)14(17)18/h5,9-12H,3-4,6-8H2,1-2H3,(H,15,16)(H,17,18). The summed E-state index contributed by atoms with van der Waals surface area (Å²) in [5, 5.41) is 18.6. The highest BCUT2D eigenvalue weighted by molar-refractivity contribution is 5.72. The summed E-state index contributed by atoms with van der Waals surface area (Å²) in [6.45, 7) is 3.74. The van der Waals surface area contributed by atoms with E-state index in [1.54, 1.807) is 0 Å². The Kier molecular flexibility index (Phi) is 5.63. The van der Waals surface area contributed by atoms with Crippen LogP contribution in [0, 0.1) is 30.1 Å². The topological polar surface area (TPSA) is 74.6 Å². The van der Waals surface area contributed by atoms with Gasteiger partial charge in [0.2, 0.25) is 0 Å². The maximum absolute atomic E-state index is 11.3. The summed E-state index contributed by atoms with van der Waals surface area (Å²) in [5.74, 6) is -2.42. The van der Waals surface area contributed by atoms with Crippen LogP contribution >= 0.6 is 0 Å². The van der Waals surface area contributed by atoms with Crippen molar-refractivity contribution in [3.63, 3.8) is 0 Å². The molecule has 1 aliphatic rings. The molecule has 0 amide bonds. The minimum atomic E-state index is -0.789. The number of carboxylic acid groups (broad SMARTS) is 2. The van der Waals surface area contributed by atoms with Gasteiger partial charge < -0.3 is 10.2 Å². The van der Waals surface area contributed by atoms with Crippen LogP contribution in [-0.2, 0) is 9.59 Å². The SMILES string of the molecule is CCC(C(=O)O)C1C[CH]CCC1C(CC)C(=O)O. The molecule has 0 aromatic rings. The third-order valence-electron chi connectivity index (χ3n) is 4.24. The molecule has 1 rings (SSSR count). The quantitative estimate of drug-likeness (QED) is 0.765. The third-order valence-corrected chi connectivity index (χ3v) is 4.24. The van der Waals surface area contributed by atoms with Gasteiger partial charge in [-0.25, -0.2) is 0 Å². The maximum Gasteiger partial charge on any atom is 0.306 e. The molecule has 0 aromatic heterocycles. The van der Waals surface area contributed by atoms with Gasteiger partial charge >= 0.3 is 11.9 Å². The predicted octanol–water partition coefficient (Wildman–Crippen LogP) is 2.83. The van der Waals surface area contributed by atoms with Crippen LogP contribution in [-0.4, -0.2) is 22.2 Å². The molecule has 0 aliphatic heterocycles. The maximum atomic E-state index is 11.3. The molecule has 1 saturated carbocycles. The Balaban J connectivity index is 2.90. The molecule has 0 heterocycles. The highest BCUT2D eigenvalue weighted by Gasteiger charge is 2.40. The van der Waals surface area contributed by atoms with Crippen molar-refractivity contribution in [2.24, 2.45) is 23.7 Å². The molecule has 4 heteroatoms. The second kappa shape index (κ2) is 6.76.